The number of aromatic nitrogens is 5. The van der Waals surface area contributed by atoms with Gasteiger partial charge in [-0.1, -0.05) is 12.1 Å². The molecule has 4 aromatic heterocycles. The zero-order chi connectivity index (χ0) is 28.1. The minimum atomic E-state index is -0.425. The van der Waals surface area contributed by atoms with Crippen LogP contribution in [-0.4, -0.2) is 30.8 Å². The first-order chi connectivity index (χ1) is 19.4. The molecule has 0 bridgehead atoms. The number of nitrogens with zero attached hydrogens (tertiary/aromatic N) is 6. The second-order valence-electron chi connectivity index (χ2n) is 8.99. The number of anilines is 2. The van der Waals surface area contributed by atoms with Gasteiger partial charge in [0.25, 0.3) is 5.91 Å². The van der Waals surface area contributed by atoms with Gasteiger partial charge in [-0.2, -0.15) is 5.26 Å². The van der Waals surface area contributed by atoms with E-state index in [0.717, 1.165) is 16.9 Å². The molecule has 0 atom stereocenters. The van der Waals surface area contributed by atoms with E-state index in [0.29, 0.717) is 39.7 Å². The van der Waals surface area contributed by atoms with E-state index in [1.807, 2.05) is 19.1 Å². The summed E-state index contributed by atoms with van der Waals surface area (Å²) >= 11 is 0. The molecule has 1 amide bonds. The molecule has 0 fully saturated rings. The van der Waals surface area contributed by atoms with E-state index in [4.69, 9.17) is 5.26 Å². The Hall–Kier alpha value is -5.56. The van der Waals surface area contributed by atoms with Crippen LogP contribution in [0, 0.1) is 31.0 Å². The summed E-state index contributed by atoms with van der Waals surface area (Å²) < 4.78 is 13.6. The quantitative estimate of drug-likeness (QED) is 0.290. The van der Waals surface area contributed by atoms with Gasteiger partial charge in [0, 0.05) is 53.2 Å². The van der Waals surface area contributed by atoms with Crippen LogP contribution in [0.15, 0.2) is 79.3 Å². The van der Waals surface area contributed by atoms with E-state index in [2.05, 4.69) is 41.6 Å². The van der Waals surface area contributed by atoms with E-state index in [-0.39, 0.29) is 18.1 Å². The van der Waals surface area contributed by atoms with Crippen molar-refractivity contribution >= 4 is 17.4 Å². The summed E-state index contributed by atoms with van der Waals surface area (Å²) in [6, 6.07) is 19.4. The van der Waals surface area contributed by atoms with Crippen molar-refractivity contribution < 1.29 is 9.18 Å². The third-order valence-corrected chi connectivity index (χ3v) is 5.98. The Labute approximate surface area is 229 Å². The molecule has 0 saturated carbocycles. The minimum absolute atomic E-state index is 0.245. The summed E-state index contributed by atoms with van der Waals surface area (Å²) in [4.78, 5) is 34.5. The second kappa shape index (κ2) is 11.4. The van der Waals surface area contributed by atoms with Crippen molar-refractivity contribution in [3.05, 3.63) is 113 Å². The number of halogens is 1. The van der Waals surface area contributed by atoms with Crippen LogP contribution < -0.4 is 10.6 Å². The lowest BCUT2D eigenvalue weighted by atomic mass is 10.1. The number of hydrogen-bond donors (Lipinski definition) is 2. The Kier molecular flexibility index (Phi) is 7.46. The van der Waals surface area contributed by atoms with Gasteiger partial charge in [-0.25, -0.2) is 14.4 Å². The van der Waals surface area contributed by atoms with E-state index in [1.165, 1.54) is 12.3 Å². The van der Waals surface area contributed by atoms with Gasteiger partial charge in [-0.3, -0.25) is 19.7 Å². The van der Waals surface area contributed by atoms with Gasteiger partial charge in [0.05, 0.1) is 23.5 Å². The van der Waals surface area contributed by atoms with Crippen LogP contribution in [0.4, 0.5) is 15.9 Å². The molecule has 0 aliphatic carbocycles. The highest BCUT2D eigenvalue weighted by Gasteiger charge is 2.11. The number of carbonyl (C=O) groups is 1. The number of aryl methyl sites for hydroxylation is 2. The summed E-state index contributed by atoms with van der Waals surface area (Å²) in [5.74, 6) is 0.257. The molecule has 0 aliphatic heterocycles. The first-order valence-corrected chi connectivity index (χ1v) is 12.3. The lowest BCUT2D eigenvalue weighted by Crippen LogP contribution is -2.23. The number of rotatable bonds is 7. The molecule has 4 heterocycles. The molecule has 0 radical (unpaired) electrons. The van der Waals surface area contributed by atoms with Crippen LogP contribution in [0.1, 0.15) is 33.0 Å². The molecule has 5 rings (SSSR count). The molecule has 40 heavy (non-hydrogen) atoms. The van der Waals surface area contributed by atoms with Crippen molar-refractivity contribution in [2.45, 2.75) is 20.4 Å². The Morgan fingerprint density at radius 1 is 0.950 bits per heavy atom. The molecule has 0 spiro atoms. The number of nitrogens with one attached hydrogen (secondary N) is 2. The SMILES string of the molecule is Cc1cc(Nc2cccc(C#N)c2)nc(-c2ccc(C(=O)NCc3ccc(-c4cc(F)cnc4C)nc3)nc2)n1. The summed E-state index contributed by atoms with van der Waals surface area (Å²) in [5.41, 5.74) is 5.60. The largest absolute Gasteiger partial charge is 0.347 e. The van der Waals surface area contributed by atoms with Crippen LogP contribution in [0.5, 0.6) is 0 Å². The monoisotopic (exact) mass is 530 g/mol. The van der Waals surface area contributed by atoms with Gasteiger partial charge in [0.15, 0.2) is 5.82 Å². The molecule has 0 aliphatic rings. The molecule has 0 saturated heterocycles. The maximum atomic E-state index is 13.6. The van der Waals surface area contributed by atoms with Crippen LogP contribution in [0.3, 0.4) is 0 Å². The number of amides is 1. The van der Waals surface area contributed by atoms with Crippen LogP contribution in [-0.2, 0) is 6.54 Å². The second-order valence-corrected chi connectivity index (χ2v) is 8.99. The van der Waals surface area contributed by atoms with Crippen molar-refractivity contribution in [2.24, 2.45) is 0 Å². The predicted octanol–water partition coefficient (Wildman–Crippen LogP) is 5.30. The number of benzene rings is 1. The molecule has 5 aromatic rings. The Bertz CT molecular complexity index is 1730. The molecule has 9 nitrogen and oxygen atoms in total. The molecule has 10 heteroatoms. The first kappa shape index (κ1) is 26.1. The predicted molar refractivity (Wildman–Crippen MR) is 148 cm³/mol. The highest BCUT2D eigenvalue weighted by molar-refractivity contribution is 5.92. The maximum absolute atomic E-state index is 13.6. The summed E-state index contributed by atoms with van der Waals surface area (Å²) in [6.07, 6.45) is 4.35. The fourth-order valence-electron chi connectivity index (χ4n) is 3.96. The number of carbonyl (C=O) groups excluding carboxylic acids is 1. The van der Waals surface area contributed by atoms with E-state index < -0.39 is 5.82 Å². The molecule has 0 unspecified atom stereocenters. The Morgan fingerprint density at radius 3 is 2.58 bits per heavy atom. The maximum Gasteiger partial charge on any atom is 0.270 e. The molecule has 2 N–H and O–H groups in total. The minimum Gasteiger partial charge on any atom is -0.347 e. The van der Waals surface area contributed by atoms with Gasteiger partial charge in [0.2, 0.25) is 0 Å². The molecule has 1 aromatic carbocycles. The topological polar surface area (TPSA) is 129 Å². The van der Waals surface area contributed by atoms with E-state index >= 15 is 0 Å². The first-order valence-electron chi connectivity index (χ1n) is 12.3. The average Bonchev–Trinajstić information content (AvgIpc) is 2.97. The van der Waals surface area contributed by atoms with Crippen LogP contribution in [0.25, 0.3) is 22.6 Å². The van der Waals surface area contributed by atoms with Crippen LogP contribution >= 0.6 is 0 Å². The number of pyridine rings is 3. The van der Waals surface area contributed by atoms with Gasteiger partial charge in [-0.05, 0) is 61.9 Å². The van der Waals surface area contributed by atoms with E-state index in [9.17, 15) is 9.18 Å². The smallest absolute Gasteiger partial charge is 0.270 e. The zero-order valence-corrected chi connectivity index (χ0v) is 21.7. The normalized spacial score (nSPS) is 10.6. The van der Waals surface area contributed by atoms with Crippen molar-refractivity contribution in [1.82, 2.24) is 30.2 Å². The fraction of sp³-hybridized carbons (Fsp3) is 0.100. The average molecular weight is 531 g/mol. The van der Waals surface area contributed by atoms with Crippen LogP contribution in [0.2, 0.25) is 0 Å². The summed E-state index contributed by atoms with van der Waals surface area (Å²) in [5, 5.41) is 15.2. The molecular weight excluding hydrogens is 507 g/mol. The van der Waals surface area contributed by atoms with Gasteiger partial charge in [-0.15, -0.1) is 0 Å². The highest BCUT2D eigenvalue weighted by Crippen LogP contribution is 2.22. The number of nitriles is 1. The lowest BCUT2D eigenvalue weighted by Gasteiger charge is -2.10. The van der Waals surface area contributed by atoms with Crippen molar-refractivity contribution in [3.63, 3.8) is 0 Å². The van der Waals surface area contributed by atoms with Crippen molar-refractivity contribution in [3.8, 4) is 28.7 Å². The summed E-state index contributed by atoms with van der Waals surface area (Å²) in [6.45, 7) is 3.90. The van der Waals surface area contributed by atoms with Gasteiger partial charge in [0.1, 0.15) is 17.3 Å². The lowest BCUT2D eigenvalue weighted by molar-refractivity contribution is 0.0946. The zero-order valence-electron chi connectivity index (χ0n) is 21.7. The molecule has 196 valence electrons. The van der Waals surface area contributed by atoms with Gasteiger partial charge < -0.3 is 10.6 Å². The van der Waals surface area contributed by atoms with E-state index in [1.54, 1.807) is 61.8 Å². The Morgan fingerprint density at radius 2 is 1.82 bits per heavy atom. The molecular formula is C30H23FN8O. The standard InChI is InChI=1S/C30H23FN8O/c1-18-10-28(38-24-5-3-4-20(11-24)13-32)39-29(37-18)22-7-9-27(35-16-22)30(40)36-15-21-6-8-26(34-14-21)25-12-23(31)17-33-19(25)2/h3-12,14,16-17H,15H2,1-2H3,(H,36,40)(H,37,38,39). The fourth-order valence-corrected chi connectivity index (χ4v) is 3.96. The number of hydrogen-bond acceptors (Lipinski definition) is 8. The van der Waals surface area contributed by atoms with Crippen molar-refractivity contribution in [1.29, 1.82) is 5.26 Å². The third kappa shape index (κ3) is 6.11. The van der Waals surface area contributed by atoms with Gasteiger partial charge >= 0.3 is 0 Å². The third-order valence-electron chi connectivity index (χ3n) is 5.98. The highest BCUT2D eigenvalue weighted by atomic mass is 19.1. The summed E-state index contributed by atoms with van der Waals surface area (Å²) in [7, 11) is 0. The Balaban J connectivity index is 1.24. The van der Waals surface area contributed by atoms with Crippen molar-refractivity contribution in [2.75, 3.05) is 5.32 Å².